The van der Waals surface area contributed by atoms with Gasteiger partial charge in [0, 0.05) is 29.8 Å². The Morgan fingerprint density at radius 1 is 0.881 bits per heavy atom. The van der Waals surface area contributed by atoms with E-state index in [-0.39, 0.29) is 11.1 Å². The first-order valence-corrected chi connectivity index (χ1v) is 12.7. The van der Waals surface area contributed by atoms with Crippen LogP contribution in [0, 0.1) is 12.7 Å². The number of halogens is 7. The van der Waals surface area contributed by atoms with Crippen LogP contribution in [0.15, 0.2) is 48.5 Å². The van der Waals surface area contributed by atoms with Crippen molar-refractivity contribution in [1.29, 1.82) is 0 Å². The summed E-state index contributed by atoms with van der Waals surface area (Å²) in [5.41, 5.74) is -8.40. The molecule has 0 spiro atoms. The normalized spacial score (nSPS) is 14.6. The van der Waals surface area contributed by atoms with Gasteiger partial charge in [-0.2, -0.15) is 26.3 Å². The van der Waals surface area contributed by atoms with Gasteiger partial charge < -0.3 is 14.7 Å². The Bertz CT molecular complexity index is 1540. The molecule has 12 heteroatoms. The van der Waals surface area contributed by atoms with E-state index in [1.165, 1.54) is 57.2 Å². The van der Waals surface area contributed by atoms with Gasteiger partial charge in [-0.05, 0) is 62.6 Å². The first-order chi connectivity index (χ1) is 19.3. The van der Waals surface area contributed by atoms with Crippen molar-refractivity contribution in [3.8, 4) is 11.1 Å². The van der Waals surface area contributed by atoms with Gasteiger partial charge in [-0.25, -0.2) is 9.18 Å². The molecule has 5 nitrogen and oxygen atoms in total. The fourth-order valence-corrected chi connectivity index (χ4v) is 5.11. The number of rotatable bonds is 5. The molecule has 0 aliphatic carbocycles. The van der Waals surface area contributed by atoms with Gasteiger partial charge in [0.1, 0.15) is 5.82 Å². The highest BCUT2D eigenvalue weighted by Crippen LogP contribution is 2.53. The number of nitrogens with zero attached hydrogens (tertiary/aromatic N) is 1. The topological polar surface area (TPSA) is 66.8 Å². The molecule has 1 atom stereocenters. The van der Waals surface area contributed by atoms with E-state index >= 15 is 0 Å². The average Bonchev–Trinajstić information content (AvgIpc) is 3.28. The number of hydrogen-bond acceptors (Lipinski definition) is 3. The second-order valence-corrected chi connectivity index (χ2v) is 11.0. The fourth-order valence-electron chi connectivity index (χ4n) is 5.11. The van der Waals surface area contributed by atoms with Crippen molar-refractivity contribution in [2.24, 2.45) is 0 Å². The first-order valence-electron chi connectivity index (χ1n) is 12.7. The predicted molar refractivity (Wildman–Crippen MR) is 138 cm³/mol. The van der Waals surface area contributed by atoms with Crippen LogP contribution in [0.1, 0.15) is 70.6 Å². The number of amides is 1. The molecule has 0 saturated carbocycles. The minimum absolute atomic E-state index is 0.275. The van der Waals surface area contributed by atoms with Gasteiger partial charge >= 0.3 is 18.3 Å². The van der Waals surface area contributed by atoms with Gasteiger partial charge in [0.2, 0.25) is 0 Å². The Kier molecular flexibility index (Phi) is 7.92. The Hall–Kier alpha value is -3.93. The largest absolute Gasteiger partial charge is 0.479 e. The minimum atomic E-state index is -5.35. The van der Waals surface area contributed by atoms with Crippen LogP contribution in [-0.4, -0.2) is 27.5 Å². The third kappa shape index (κ3) is 6.13. The number of aryl methyl sites for hydroxylation is 1. The van der Waals surface area contributed by atoms with Crippen molar-refractivity contribution in [1.82, 2.24) is 4.90 Å². The molecule has 0 aromatic heterocycles. The van der Waals surface area contributed by atoms with Gasteiger partial charge in [-0.3, -0.25) is 4.79 Å². The number of carboxylic acid groups (broad SMARTS) is 1. The van der Waals surface area contributed by atoms with Gasteiger partial charge in [0.25, 0.3) is 5.91 Å². The van der Waals surface area contributed by atoms with Crippen molar-refractivity contribution in [2.75, 3.05) is 0 Å². The predicted octanol–water partition coefficient (Wildman–Crippen LogP) is 7.94. The standard InChI is InChI=1S/C30H26F7NO4/c1-15-8-10-16(11-9-15)21-22(25(27(40)41)42-28(2,3)4)24(30(35,36)37)20-14-38(13-19(20)23(21)29(32,33)34)26(39)17-6-5-7-18(31)12-17/h5-12,25H,13-14H2,1-4H3,(H,40,41)/t25-/m0/s1. The molecule has 0 bridgehead atoms. The van der Waals surface area contributed by atoms with E-state index in [1.54, 1.807) is 6.92 Å². The minimum Gasteiger partial charge on any atom is -0.479 e. The number of carbonyl (C=O) groups excluding carboxylic acids is 1. The van der Waals surface area contributed by atoms with E-state index < -0.39 is 88.2 Å². The van der Waals surface area contributed by atoms with E-state index in [0.717, 1.165) is 17.0 Å². The lowest BCUT2D eigenvalue weighted by molar-refractivity contribution is -0.163. The van der Waals surface area contributed by atoms with E-state index in [1.807, 2.05) is 0 Å². The van der Waals surface area contributed by atoms with Gasteiger partial charge in [-0.1, -0.05) is 35.9 Å². The van der Waals surface area contributed by atoms with Crippen LogP contribution in [0.4, 0.5) is 30.7 Å². The second-order valence-electron chi connectivity index (χ2n) is 11.0. The Balaban J connectivity index is 2.14. The maximum atomic E-state index is 15.0. The summed E-state index contributed by atoms with van der Waals surface area (Å²) in [6.45, 7) is 3.90. The second kappa shape index (κ2) is 10.7. The molecule has 0 radical (unpaired) electrons. The molecular weight excluding hydrogens is 571 g/mol. The van der Waals surface area contributed by atoms with Crippen LogP contribution in [0.5, 0.6) is 0 Å². The van der Waals surface area contributed by atoms with Crippen LogP contribution < -0.4 is 0 Å². The SMILES string of the molecule is Cc1ccc(-c2c([C@H](OC(C)(C)C)C(=O)O)c(C(F)(F)F)c3c(c2C(F)(F)F)CN(C(=O)c2cccc(F)c2)C3)cc1. The zero-order chi connectivity index (χ0) is 31.4. The van der Waals surface area contributed by atoms with E-state index in [2.05, 4.69) is 0 Å². The molecule has 0 fully saturated rings. The summed E-state index contributed by atoms with van der Waals surface area (Å²) < 4.78 is 109. The lowest BCUT2D eigenvalue weighted by Crippen LogP contribution is -2.31. The number of aliphatic carboxylic acids is 1. The Morgan fingerprint density at radius 3 is 1.90 bits per heavy atom. The monoisotopic (exact) mass is 597 g/mol. The number of benzene rings is 3. The molecule has 3 aromatic carbocycles. The molecule has 1 heterocycles. The third-order valence-electron chi connectivity index (χ3n) is 6.68. The molecular formula is C30H26F7NO4. The highest BCUT2D eigenvalue weighted by molar-refractivity contribution is 5.95. The van der Waals surface area contributed by atoms with Crippen molar-refractivity contribution in [3.63, 3.8) is 0 Å². The summed E-state index contributed by atoms with van der Waals surface area (Å²) in [6, 6.07) is 9.35. The van der Waals surface area contributed by atoms with Crippen LogP contribution >= 0.6 is 0 Å². The molecule has 1 N–H and O–H groups in total. The zero-order valence-corrected chi connectivity index (χ0v) is 22.9. The van der Waals surface area contributed by atoms with Crippen molar-refractivity contribution >= 4 is 11.9 Å². The average molecular weight is 598 g/mol. The lowest BCUT2D eigenvalue weighted by Gasteiger charge is -2.31. The van der Waals surface area contributed by atoms with Crippen molar-refractivity contribution in [3.05, 3.63) is 93.3 Å². The first kappa shape index (κ1) is 31.0. The van der Waals surface area contributed by atoms with Crippen molar-refractivity contribution < 1.29 is 50.2 Å². The highest BCUT2D eigenvalue weighted by Gasteiger charge is 2.51. The molecule has 0 saturated heterocycles. The Morgan fingerprint density at radius 2 is 1.43 bits per heavy atom. The summed E-state index contributed by atoms with van der Waals surface area (Å²) in [5, 5.41) is 10.1. The number of fused-ring (bicyclic) bond motifs is 1. The molecule has 0 unspecified atom stereocenters. The van der Waals surface area contributed by atoms with Crippen LogP contribution in [0.25, 0.3) is 11.1 Å². The van der Waals surface area contributed by atoms with Crippen LogP contribution in [-0.2, 0) is 35.0 Å². The molecule has 1 aliphatic rings. The summed E-state index contributed by atoms with van der Waals surface area (Å²) in [4.78, 5) is 26.4. The number of carbonyl (C=O) groups is 2. The molecule has 3 aromatic rings. The van der Waals surface area contributed by atoms with Gasteiger partial charge in [-0.15, -0.1) is 0 Å². The third-order valence-corrected chi connectivity index (χ3v) is 6.68. The number of alkyl halides is 6. The lowest BCUT2D eigenvalue weighted by atomic mass is 9.81. The zero-order valence-electron chi connectivity index (χ0n) is 22.9. The molecule has 1 aliphatic heterocycles. The quantitative estimate of drug-likeness (QED) is 0.304. The Labute approximate surface area is 236 Å². The van der Waals surface area contributed by atoms with Gasteiger partial charge in [0.05, 0.1) is 16.7 Å². The van der Waals surface area contributed by atoms with Crippen LogP contribution in [0.2, 0.25) is 0 Å². The van der Waals surface area contributed by atoms with E-state index in [0.29, 0.717) is 5.56 Å². The maximum Gasteiger partial charge on any atom is 0.417 e. The molecule has 42 heavy (non-hydrogen) atoms. The number of ether oxygens (including phenoxy) is 1. The fraction of sp³-hybridized carbons (Fsp3) is 0.333. The molecule has 224 valence electrons. The smallest absolute Gasteiger partial charge is 0.417 e. The highest BCUT2D eigenvalue weighted by atomic mass is 19.4. The summed E-state index contributed by atoms with van der Waals surface area (Å²) in [6.07, 6.45) is -13.1. The number of carboxylic acids is 1. The number of hydrogen-bond donors (Lipinski definition) is 1. The van der Waals surface area contributed by atoms with E-state index in [4.69, 9.17) is 4.74 Å². The summed E-state index contributed by atoms with van der Waals surface area (Å²) in [5.74, 6) is -3.74. The summed E-state index contributed by atoms with van der Waals surface area (Å²) in [7, 11) is 0. The van der Waals surface area contributed by atoms with Gasteiger partial charge in [0.15, 0.2) is 6.10 Å². The maximum absolute atomic E-state index is 15.0. The summed E-state index contributed by atoms with van der Waals surface area (Å²) >= 11 is 0. The molecule has 1 amide bonds. The van der Waals surface area contributed by atoms with Crippen molar-refractivity contribution in [2.45, 2.75) is 64.8 Å². The van der Waals surface area contributed by atoms with Crippen LogP contribution in [0.3, 0.4) is 0 Å². The van der Waals surface area contributed by atoms with E-state index in [9.17, 15) is 45.4 Å². The molecule has 4 rings (SSSR count).